The van der Waals surface area contributed by atoms with Crippen LogP contribution in [0, 0.1) is 17.3 Å². The maximum Gasteiger partial charge on any atom is 0.315 e. The van der Waals surface area contributed by atoms with Crippen molar-refractivity contribution in [1.29, 1.82) is 0 Å². The number of piperidine rings is 1. The van der Waals surface area contributed by atoms with Crippen molar-refractivity contribution in [1.82, 2.24) is 20.5 Å². The second-order valence-electron chi connectivity index (χ2n) is 9.43. The molecule has 0 bridgehead atoms. The van der Waals surface area contributed by atoms with E-state index in [-0.39, 0.29) is 6.03 Å². The molecule has 6 nitrogen and oxygen atoms in total. The average molecular weight is 429 g/mol. The summed E-state index contributed by atoms with van der Waals surface area (Å²) in [6.45, 7) is 9.45. The molecule has 31 heavy (non-hydrogen) atoms. The number of amides is 3. The molecule has 1 aliphatic heterocycles. The van der Waals surface area contributed by atoms with Gasteiger partial charge in [-0.15, -0.1) is 0 Å². The maximum absolute atomic E-state index is 12.6. The van der Waals surface area contributed by atoms with Crippen LogP contribution in [0.25, 0.3) is 0 Å². The Morgan fingerprint density at radius 1 is 1.13 bits per heavy atom. The highest BCUT2D eigenvalue weighted by Gasteiger charge is 2.48. The van der Waals surface area contributed by atoms with Crippen molar-refractivity contribution in [3.8, 4) is 0 Å². The van der Waals surface area contributed by atoms with Crippen LogP contribution in [-0.4, -0.2) is 41.5 Å². The van der Waals surface area contributed by atoms with Gasteiger partial charge in [0.1, 0.15) is 0 Å². The molecule has 2 N–H and O–H groups in total. The molecule has 3 amide bonds. The summed E-state index contributed by atoms with van der Waals surface area (Å²) in [4.78, 5) is 31.2. The summed E-state index contributed by atoms with van der Waals surface area (Å²) in [5.74, 6) is 1.38. The van der Waals surface area contributed by atoms with Gasteiger partial charge in [-0.1, -0.05) is 33.6 Å². The summed E-state index contributed by atoms with van der Waals surface area (Å²) in [5, 5.41) is 6.06. The van der Waals surface area contributed by atoms with Crippen LogP contribution >= 0.6 is 0 Å². The van der Waals surface area contributed by atoms with Crippen LogP contribution in [0.2, 0.25) is 0 Å². The van der Waals surface area contributed by atoms with Gasteiger partial charge in [-0.3, -0.25) is 9.78 Å². The lowest BCUT2D eigenvalue weighted by Crippen LogP contribution is -2.54. The van der Waals surface area contributed by atoms with Crippen LogP contribution in [0.15, 0.2) is 18.5 Å². The maximum atomic E-state index is 12.6. The van der Waals surface area contributed by atoms with Crippen LogP contribution in [0.4, 0.5) is 4.79 Å². The number of likely N-dealkylation sites (tertiary alicyclic amines) is 1. The van der Waals surface area contributed by atoms with E-state index in [0.717, 1.165) is 57.3 Å². The third-order valence-electron chi connectivity index (χ3n) is 7.92. The standard InChI is InChI=1S/C25H40N4O2/c1-4-19(5-2)15-23(30)29-13-10-25(11-14-29)9-7-22(25)18-28-24(31)27-17-21-16-26-12-8-20(21)6-3/h8,12,16,19,22H,4-7,9-11,13-15,17-18H2,1-3H3,(H2,27,28,31). The van der Waals surface area contributed by atoms with Crippen molar-refractivity contribution in [2.75, 3.05) is 19.6 Å². The van der Waals surface area contributed by atoms with E-state index in [1.54, 1.807) is 6.20 Å². The van der Waals surface area contributed by atoms with E-state index >= 15 is 0 Å². The molecule has 0 aromatic carbocycles. The number of aromatic nitrogens is 1. The first-order chi connectivity index (χ1) is 15.0. The molecule has 1 spiro atoms. The molecule has 2 heterocycles. The van der Waals surface area contributed by atoms with Crippen molar-refractivity contribution >= 4 is 11.9 Å². The van der Waals surface area contributed by atoms with Gasteiger partial charge in [0.2, 0.25) is 5.91 Å². The number of urea groups is 1. The van der Waals surface area contributed by atoms with E-state index in [2.05, 4.69) is 41.3 Å². The number of pyridine rings is 1. The molecule has 1 aliphatic carbocycles. The predicted molar refractivity (Wildman–Crippen MR) is 124 cm³/mol. The Morgan fingerprint density at radius 3 is 2.48 bits per heavy atom. The molecule has 0 radical (unpaired) electrons. The Bertz CT molecular complexity index is 739. The second-order valence-corrected chi connectivity index (χ2v) is 9.43. The fraction of sp³-hybridized carbons (Fsp3) is 0.720. The number of nitrogens with zero attached hydrogens (tertiary/aromatic N) is 2. The molecule has 172 valence electrons. The van der Waals surface area contributed by atoms with E-state index in [1.807, 2.05) is 12.3 Å². The number of hydrogen-bond donors (Lipinski definition) is 2. The van der Waals surface area contributed by atoms with Gasteiger partial charge in [-0.25, -0.2) is 4.79 Å². The van der Waals surface area contributed by atoms with E-state index < -0.39 is 0 Å². The first kappa shape index (κ1) is 23.6. The zero-order valence-electron chi connectivity index (χ0n) is 19.6. The highest BCUT2D eigenvalue weighted by atomic mass is 16.2. The highest BCUT2D eigenvalue weighted by molar-refractivity contribution is 5.76. The Kier molecular flexibility index (Phi) is 8.33. The quantitative estimate of drug-likeness (QED) is 0.616. The second kappa shape index (κ2) is 11.0. The molecule has 1 saturated carbocycles. The molecule has 1 aromatic heterocycles. The smallest absolute Gasteiger partial charge is 0.315 e. The SMILES string of the molecule is CCc1ccncc1CNC(=O)NCC1CCC12CCN(C(=O)CC(CC)CC)CC2. The third-order valence-corrected chi connectivity index (χ3v) is 7.92. The summed E-state index contributed by atoms with van der Waals surface area (Å²) in [6, 6.07) is 1.90. The molecule has 1 atom stereocenters. The Morgan fingerprint density at radius 2 is 1.87 bits per heavy atom. The van der Waals surface area contributed by atoms with Crippen molar-refractivity contribution in [3.63, 3.8) is 0 Å². The lowest BCUT2D eigenvalue weighted by atomic mass is 9.55. The van der Waals surface area contributed by atoms with E-state index in [9.17, 15) is 9.59 Å². The Balaban J connectivity index is 1.41. The average Bonchev–Trinajstić information content (AvgIpc) is 2.80. The summed E-state index contributed by atoms with van der Waals surface area (Å²) in [7, 11) is 0. The third kappa shape index (κ3) is 5.78. The molecule has 2 aliphatic rings. The van der Waals surface area contributed by atoms with Gasteiger partial charge in [0.05, 0.1) is 0 Å². The molecule has 2 fully saturated rings. The largest absolute Gasteiger partial charge is 0.343 e. The number of hydrogen-bond acceptors (Lipinski definition) is 3. The van der Waals surface area contributed by atoms with Gasteiger partial charge in [0.25, 0.3) is 0 Å². The number of nitrogens with one attached hydrogen (secondary N) is 2. The molecule has 1 aromatic rings. The monoisotopic (exact) mass is 428 g/mol. The molecule has 1 unspecified atom stereocenters. The van der Waals surface area contributed by atoms with Gasteiger partial charge in [-0.05, 0) is 66.5 Å². The molecule has 1 saturated heterocycles. The highest BCUT2D eigenvalue weighted by Crippen LogP contribution is 2.53. The van der Waals surface area contributed by atoms with Gasteiger partial charge in [0, 0.05) is 45.0 Å². The van der Waals surface area contributed by atoms with E-state index in [0.29, 0.717) is 36.1 Å². The molecule has 6 heteroatoms. The predicted octanol–water partition coefficient (Wildman–Crippen LogP) is 4.29. The number of rotatable bonds is 9. The first-order valence-corrected chi connectivity index (χ1v) is 12.2. The van der Waals surface area contributed by atoms with Crippen molar-refractivity contribution in [3.05, 3.63) is 29.6 Å². The van der Waals surface area contributed by atoms with Crippen LogP contribution in [0.5, 0.6) is 0 Å². The topological polar surface area (TPSA) is 74.3 Å². The van der Waals surface area contributed by atoms with Gasteiger partial charge in [-0.2, -0.15) is 0 Å². The fourth-order valence-corrected chi connectivity index (χ4v) is 5.30. The van der Waals surface area contributed by atoms with Gasteiger partial charge < -0.3 is 15.5 Å². The van der Waals surface area contributed by atoms with Gasteiger partial charge >= 0.3 is 6.03 Å². The van der Waals surface area contributed by atoms with Gasteiger partial charge in [0.15, 0.2) is 0 Å². The molecule has 3 rings (SSSR count). The van der Waals surface area contributed by atoms with E-state index in [1.165, 1.54) is 18.4 Å². The number of carbonyl (C=O) groups excluding carboxylic acids is 2. The summed E-state index contributed by atoms with van der Waals surface area (Å²) in [6.07, 6.45) is 12.0. The zero-order chi connectivity index (χ0) is 22.3. The van der Waals surface area contributed by atoms with Crippen LogP contribution in [-0.2, 0) is 17.8 Å². The molecular weight excluding hydrogens is 388 g/mol. The summed E-state index contributed by atoms with van der Waals surface area (Å²) in [5.41, 5.74) is 2.61. The van der Waals surface area contributed by atoms with Crippen molar-refractivity contribution in [2.45, 2.75) is 78.7 Å². The van der Waals surface area contributed by atoms with Crippen molar-refractivity contribution < 1.29 is 9.59 Å². The Hall–Kier alpha value is -2.11. The first-order valence-electron chi connectivity index (χ1n) is 12.2. The van der Waals surface area contributed by atoms with Crippen molar-refractivity contribution in [2.24, 2.45) is 17.3 Å². The fourth-order valence-electron chi connectivity index (χ4n) is 5.30. The summed E-state index contributed by atoms with van der Waals surface area (Å²) >= 11 is 0. The number of carbonyl (C=O) groups is 2. The lowest BCUT2D eigenvalue weighted by Gasteiger charge is -2.54. The minimum atomic E-state index is -0.106. The Labute approximate surface area is 187 Å². The van der Waals surface area contributed by atoms with E-state index in [4.69, 9.17) is 0 Å². The molecular formula is C25H40N4O2. The normalized spacial score (nSPS) is 19.9. The van der Waals surface area contributed by atoms with Crippen LogP contribution in [0.3, 0.4) is 0 Å². The zero-order valence-corrected chi connectivity index (χ0v) is 19.6. The lowest BCUT2D eigenvalue weighted by molar-refractivity contribution is -0.137. The number of aryl methyl sites for hydroxylation is 1. The van der Waals surface area contributed by atoms with Crippen LogP contribution < -0.4 is 10.6 Å². The minimum absolute atomic E-state index is 0.106. The summed E-state index contributed by atoms with van der Waals surface area (Å²) < 4.78 is 0. The minimum Gasteiger partial charge on any atom is -0.343 e. The van der Waals surface area contributed by atoms with Crippen LogP contribution in [0.1, 0.15) is 76.8 Å².